The normalized spacial score (nSPS) is 10.9. The number of likely N-dealkylation sites (N-methyl/N-ethyl adjacent to an activating group) is 1. The summed E-state index contributed by atoms with van der Waals surface area (Å²) < 4.78 is 37.4. The minimum Gasteiger partial charge on any atom is -0.497 e. The molecule has 1 aromatic heterocycles. The van der Waals surface area contributed by atoms with E-state index in [1.807, 2.05) is 11.4 Å². The van der Waals surface area contributed by atoms with Gasteiger partial charge in [-0.05, 0) is 25.2 Å². The monoisotopic (exact) mass is 433 g/mol. The molecule has 6 nitrogen and oxygen atoms in total. The molecule has 2 aromatic carbocycles. The van der Waals surface area contributed by atoms with Crippen LogP contribution >= 0.6 is 11.3 Å². The van der Waals surface area contributed by atoms with Gasteiger partial charge in [-0.1, -0.05) is 6.07 Å². The number of methoxy groups -OCH3 is 2. The van der Waals surface area contributed by atoms with E-state index in [2.05, 4.69) is 10.3 Å². The Hall–Kier alpha value is -3.04. The number of thiazole rings is 1. The molecule has 158 valence electrons. The van der Waals surface area contributed by atoms with E-state index < -0.39 is 11.6 Å². The Balaban J connectivity index is 1.62. The Kier molecular flexibility index (Phi) is 6.96. The van der Waals surface area contributed by atoms with Crippen LogP contribution in [0.1, 0.15) is 5.56 Å². The summed E-state index contributed by atoms with van der Waals surface area (Å²) in [5, 5.41) is 5.00. The van der Waals surface area contributed by atoms with E-state index in [1.165, 1.54) is 23.5 Å². The van der Waals surface area contributed by atoms with Crippen molar-refractivity contribution < 1.29 is 23.0 Å². The molecule has 0 atom stereocenters. The zero-order valence-corrected chi connectivity index (χ0v) is 17.6. The first-order valence-electron chi connectivity index (χ1n) is 9.00. The molecular weight excluding hydrogens is 412 g/mol. The maximum Gasteiger partial charge on any atom is 0.240 e. The lowest BCUT2D eigenvalue weighted by atomic mass is 10.1. The number of amides is 1. The maximum absolute atomic E-state index is 13.8. The molecular formula is C21H21F2N3O3S. The second kappa shape index (κ2) is 9.64. The smallest absolute Gasteiger partial charge is 0.240 e. The number of anilines is 1. The fourth-order valence-electron chi connectivity index (χ4n) is 2.87. The number of carbonyl (C=O) groups excluding carboxylic acids is 1. The van der Waals surface area contributed by atoms with Crippen LogP contribution < -0.4 is 14.8 Å². The molecule has 3 rings (SSSR count). The lowest BCUT2D eigenvalue weighted by molar-refractivity contribution is -0.117. The first-order chi connectivity index (χ1) is 14.4. The minimum absolute atomic E-state index is 0.0254. The second-order valence-electron chi connectivity index (χ2n) is 6.56. The minimum atomic E-state index is -0.639. The summed E-state index contributed by atoms with van der Waals surface area (Å²) in [6.45, 7) is 0.198. The van der Waals surface area contributed by atoms with Crippen molar-refractivity contribution in [3.8, 4) is 22.8 Å². The van der Waals surface area contributed by atoms with Gasteiger partial charge >= 0.3 is 0 Å². The van der Waals surface area contributed by atoms with Crippen molar-refractivity contribution in [2.24, 2.45) is 0 Å². The van der Waals surface area contributed by atoms with Gasteiger partial charge in [0.2, 0.25) is 5.91 Å². The fraction of sp³-hybridized carbons (Fsp3) is 0.238. The van der Waals surface area contributed by atoms with Gasteiger partial charge in [0.1, 0.15) is 23.1 Å². The zero-order chi connectivity index (χ0) is 21.7. The van der Waals surface area contributed by atoms with Crippen molar-refractivity contribution in [3.05, 3.63) is 59.0 Å². The number of benzene rings is 2. The van der Waals surface area contributed by atoms with Gasteiger partial charge in [-0.3, -0.25) is 9.69 Å². The van der Waals surface area contributed by atoms with Crippen LogP contribution in [0.5, 0.6) is 11.5 Å². The van der Waals surface area contributed by atoms with Crippen molar-refractivity contribution in [2.45, 2.75) is 6.54 Å². The van der Waals surface area contributed by atoms with Crippen LogP contribution in [0.25, 0.3) is 11.3 Å². The summed E-state index contributed by atoms with van der Waals surface area (Å²) in [6.07, 6.45) is 0. The molecule has 0 saturated carbocycles. The van der Waals surface area contributed by atoms with Gasteiger partial charge < -0.3 is 14.8 Å². The van der Waals surface area contributed by atoms with E-state index in [9.17, 15) is 13.6 Å². The first-order valence-corrected chi connectivity index (χ1v) is 9.88. The van der Waals surface area contributed by atoms with Crippen LogP contribution in [0, 0.1) is 11.6 Å². The number of nitrogens with one attached hydrogen (secondary N) is 1. The molecule has 0 bridgehead atoms. The number of ether oxygens (including phenoxy) is 2. The second-order valence-corrected chi connectivity index (χ2v) is 7.42. The summed E-state index contributed by atoms with van der Waals surface area (Å²) in [4.78, 5) is 18.4. The van der Waals surface area contributed by atoms with Crippen molar-refractivity contribution in [1.29, 1.82) is 0 Å². The highest BCUT2D eigenvalue weighted by Crippen LogP contribution is 2.34. The number of rotatable bonds is 8. The van der Waals surface area contributed by atoms with Crippen LogP contribution in [-0.4, -0.2) is 43.6 Å². The van der Waals surface area contributed by atoms with Crippen LogP contribution in [0.2, 0.25) is 0 Å². The molecule has 0 aliphatic rings. The molecule has 1 amide bonds. The number of aromatic nitrogens is 1. The molecule has 0 aliphatic carbocycles. The number of nitrogens with zero attached hydrogens (tertiary/aromatic N) is 2. The van der Waals surface area contributed by atoms with Crippen molar-refractivity contribution in [2.75, 3.05) is 33.1 Å². The van der Waals surface area contributed by atoms with Gasteiger partial charge in [0.15, 0.2) is 5.13 Å². The van der Waals surface area contributed by atoms with Crippen LogP contribution in [0.15, 0.2) is 41.8 Å². The topological polar surface area (TPSA) is 63.7 Å². The van der Waals surface area contributed by atoms with E-state index in [4.69, 9.17) is 9.47 Å². The van der Waals surface area contributed by atoms with Gasteiger partial charge in [-0.25, -0.2) is 13.8 Å². The molecule has 0 radical (unpaired) electrons. The third kappa shape index (κ3) is 5.31. The third-order valence-corrected chi connectivity index (χ3v) is 5.06. The summed E-state index contributed by atoms with van der Waals surface area (Å²) in [5.74, 6) is -0.286. The Morgan fingerprint density at radius 1 is 1.17 bits per heavy atom. The molecule has 0 fully saturated rings. The van der Waals surface area contributed by atoms with E-state index in [1.54, 1.807) is 38.3 Å². The average molecular weight is 433 g/mol. The largest absolute Gasteiger partial charge is 0.497 e. The molecule has 3 aromatic rings. The Morgan fingerprint density at radius 3 is 2.67 bits per heavy atom. The summed E-state index contributed by atoms with van der Waals surface area (Å²) >= 11 is 1.29. The van der Waals surface area contributed by atoms with Crippen molar-refractivity contribution >= 4 is 22.4 Å². The molecule has 1 heterocycles. The van der Waals surface area contributed by atoms with Gasteiger partial charge in [-0.2, -0.15) is 0 Å². The number of halogens is 2. The molecule has 9 heteroatoms. The van der Waals surface area contributed by atoms with Crippen LogP contribution in [0.3, 0.4) is 0 Å². The summed E-state index contributed by atoms with van der Waals surface area (Å²) in [6, 6.07) is 8.79. The van der Waals surface area contributed by atoms with Gasteiger partial charge in [0.05, 0.1) is 26.5 Å². The zero-order valence-electron chi connectivity index (χ0n) is 16.7. The average Bonchev–Trinajstić information content (AvgIpc) is 3.17. The molecule has 30 heavy (non-hydrogen) atoms. The SMILES string of the molecule is COc1ccc(-c2csc(NC(=O)CN(C)Cc3ccc(F)cc3F)n2)c(OC)c1. The standard InChI is InChI=1S/C21H21F2N3O3S/c1-26(10-13-4-5-14(22)8-17(13)23)11-20(27)25-21-24-18(12-30-21)16-7-6-15(28-2)9-19(16)29-3/h4-9,12H,10-11H2,1-3H3,(H,24,25,27). The van der Waals surface area contributed by atoms with E-state index >= 15 is 0 Å². The Morgan fingerprint density at radius 2 is 1.97 bits per heavy atom. The summed E-state index contributed by atoms with van der Waals surface area (Å²) in [7, 11) is 4.82. The van der Waals surface area contributed by atoms with Crippen LogP contribution in [0.4, 0.5) is 13.9 Å². The predicted octanol–water partition coefficient (Wildman–Crippen LogP) is 4.18. The quantitative estimate of drug-likeness (QED) is 0.578. The first kappa shape index (κ1) is 21.7. The van der Waals surface area contributed by atoms with Gasteiger partial charge in [0, 0.05) is 35.2 Å². The van der Waals surface area contributed by atoms with E-state index in [0.29, 0.717) is 27.9 Å². The third-order valence-electron chi connectivity index (χ3n) is 4.30. The van der Waals surface area contributed by atoms with E-state index in [0.717, 1.165) is 11.6 Å². The highest BCUT2D eigenvalue weighted by molar-refractivity contribution is 7.14. The highest BCUT2D eigenvalue weighted by Gasteiger charge is 2.14. The van der Waals surface area contributed by atoms with Crippen LogP contribution in [-0.2, 0) is 11.3 Å². The number of hydrogen-bond acceptors (Lipinski definition) is 6. The maximum atomic E-state index is 13.8. The van der Waals surface area contributed by atoms with E-state index in [-0.39, 0.29) is 19.0 Å². The lowest BCUT2D eigenvalue weighted by Crippen LogP contribution is -2.30. The molecule has 0 unspecified atom stereocenters. The molecule has 0 saturated heterocycles. The number of carbonyl (C=O) groups is 1. The van der Waals surface area contributed by atoms with Crippen molar-refractivity contribution in [1.82, 2.24) is 9.88 Å². The lowest BCUT2D eigenvalue weighted by Gasteiger charge is -2.16. The van der Waals surface area contributed by atoms with Gasteiger partial charge in [-0.15, -0.1) is 11.3 Å². The molecule has 0 aliphatic heterocycles. The van der Waals surface area contributed by atoms with Crippen molar-refractivity contribution in [3.63, 3.8) is 0 Å². The highest BCUT2D eigenvalue weighted by atomic mass is 32.1. The predicted molar refractivity (Wildman–Crippen MR) is 112 cm³/mol. The molecule has 0 spiro atoms. The Labute approximate surface area is 177 Å². The fourth-order valence-corrected chi connectivity index (χ4v) is 3.59. The molecule has 1 N–H and O–H groups in total. The Bertz CT molecular complexity index is 1040. The number of hydrogen-bond donors (Lipinski definition) is 1. The van der Waals surface area contributed by atoms with Gasteiger partial charge in [0.25, 0.3) is 0 Å². The summed E-state index contributed by atoms with van der Waals surface area (Å²) in [5.41, 5.74) is 1.75.